The van der Waals surface area contributed by atoms with E-state index in [4.69, 9.17) is 37.0 Å². The first-order chi connectivity index (χ1) is 47.8. The highest BCUT2D eigenvalue weighted by Gasteiger charge is 2.30. The van der Waals surface area contributed by atoms with Gasteiger partial charge in [-0.05, 0) is 43.4 Å². The third-order valence-corrected chi connectivity index (χ3v) is 20.9. The quantitative estimate of drug-likeness (QED) is 0.0222. The van der Waals surface area contributed by atoms with Crippen molar-refractivity contribution in [1.29, 1.82) is 0 Å². The van der Waals surface area contributed by atoms with E-state index in [0.717, 1.165) is 108 Å². The van der Waals surface area contributed by atoms with Gasteiger partial charge < -0.3 is 33.8 Å². The fraction of sp³-hybridized carbons (Fsp3) is 0.950. The fourth-order valence-corrected chi connectivity index (χ4v) is 13.9. The molecule has 0 saturated carbocycles. The molecule has 0 aromatic heterocycles. The second-order valence-electron chi connectivity index (χ2n) is 30.0. The number of esters is 4. The number of unbranched alkanes of at least 4 members (excludes halogenated alkanes) is 45. The van der Waals surface area contributed by atoms with E-state index in [1.165, 1.54) is 218 Å². The van der Waals surface area contributed by atoms with Crippen molar-refractivity contribution in [3.8, 4) is 0 Å². The van der Waals surface area contributed by atoms with Crippen LogP contribution in [0.1, 0.15) is 414 Å². The predicted octanol–water partition coefficient (Wildman–Crippen LogP) is 23.7. The Morgan fingerprint density at radius 1 is 0.293 bits per heavy atom. The van der Waals surface area contributed by atoms with Crippen molar-refractivity contribution < 1.29 is 80.2 Å². The van der Waals surface area contributed by atoms with Gasteiger partial charge in [0.15, 0.2) is 12.2 Å². The first kappa shape index (κ1) is 97.1. The summed E-state index contributed by atoms with van der Waals surface area (Å²) in [6.07, 6.45) is 58.5. The number of hydrogen-bond acceptors (Lipinski definition) is 15. The monoisotopic (exact) mass is 1450 g/mol. The number of phosphoric acid groups is 2. The number of ether oxygens (including phenoxy) is 4. The van der Waals surface area contributed by atoms with Crippen LogP contribution in [0.3, 0.4) is 0 Å². The molecule has 17 nitrogen and oxygen atoms in total. The molecule has 6 atom stereocenters. The highest BCUT2D eigenvalue weighted by Crippen LogP contribution is 2.45. The van der Waals surface area contributed by atoms with Gasteiger partial charge in [-0.3, -0.25) is 37.3 Å². The first-order valence-corrected chi connectivity index (χ1v) is 44.4. The molecule has 0 aliphatic carbocycles. The van der Waals surface area contributed by atoms with Crippen LogP contribution < -0.4 is 0 Å². The van der Waals surface area contributed by atoms with Gasteiger partial charge >= 0.3 is 39.5 Å². The van der Waals surface area contributed by atoms with E-state index < -0.39 is 97.5 Å². The van der Waals surface area contributed by atoms with E-state index in [1.54, 1.807) is 0 Å². The van der Waals surface area contributed by atoms with E-state index in [2.05, 4.69) is 48.5 Å². The Morgan fingerprint density at radius 2 is 0.515 bits per heavy atom. The van der Waals surface area contributed by atoms with Crippen LogP contribution in [-0.2, 0) is 65.4 Å². The zero-order chi connectivity index (χ0) is 73.0. The Hall–Kier alpha value is -1.94. The van der Waals surface area contributed by atoms with Gasteiger partial charge in [0.2, 0.25) is 0 Å². The Bertz CT molecular complexity index is 1920. The summed E-state index contributed by atoms with van der Waals surface area (Å²) in [5.41, 5.74) is 0. The summed E-state index contributed by atoms with van der Waals surface area (Å²) < 4.78 is 68.6. The largest absolute Gasteiger partial charge is 0.472 e. The minimum absolute atomic E-state index is 0.104. The number of aliphatic hydroxyl groups excluding tert-OH is 1. The maximum Gasteiger partial charge on any atom is 0.472 e. The number of rotatable bonds is 78. The molecular formula is C80H156O17P2. The molecule has 588 valence electrons. The summed E-state index contributed by atoms with van der Waals surface area (Å²) in [6.45, 7) is 11.9. The lowest BCUT2D eigenvalue weighted by Crippen LogP contribution is -2.30. The van der Waals surface area contributed by atoms with Crippen LogP contribution in [-0.4, -0.2) is 96.7 Å². The van der Waals surface area contributed by atoms with Crippen molar-refractivity contribution in [3.05, 3.63) is 0 Å². The Labute approximate surface area is 607 Å². The average Bonchev–Trinajstić information content (AvgIpc) is 1.01. The molecule has 0 spiro atoms. The zero-order valence-electron chi connectivity index (χ0n) is 65.0. The molecule has 0 heterocycles. The standard InChI is InChI=1S/C80H156O17P2/c1-8-10-11-12-13-14-15-16-17-18-19-20-24-27-30-33-39-47-54-61-77(82)90-67-75(96-79(84)63-56-49-40-34-31-28-25-22-21-23-26-29-32-37-44-51-58-71(3)4)69-94-98(86,87)92-65-74(81)66-93-99(88,89)95-70-76(68-91-78(83)62-55-48-43-42-45-52-59-72(5)6)97-80(85)64-57-50-41-36-35-38-46-53-60-73(7)9-2/h71-76,81H,8-70H2,1-7H3,(H,86,87)(H,88,89)/t73?,74-,75-,76-/m1/s1. The van der Waals surface area contributed by atoms with Crippen LogP contribution in [0.25, 0.3) is 0 Å². The fourth-order valence-electron chi connectivity index (χ4n) is 12.3. The molecule has 3 N–H and O–H groups in total. The van der Waals surface area contributed by atoms with Gasteiger partial charge in [-0.1, -0.05) is 363 Å². The lowest BCUT2D eigenvalue weighted by Gasteiger charge is -2.21. The van der Waals surface area contributed by atoms with Gasteiger partial charge in [0.05, 0.1) is 26.4 Å². The van der Waals surface area contributed by atoms with E-state index in [-0.39, 0.29) is 25.7 Å². The topological polar surface area (TPSA) is 237 Å². The van der Waals surface area contributed by atoms with Crippen LogP contribution in [0.15, 0.2) is 0 Å². The highest BCUT2D eigenvalue weighted by atomic mass is 31.2. The molecule has 0 aliphatic rings. The van der Waals surface area contributed by atoms with Gasteiger partial charge in [-0.15, -0.1) is 0 Å². The molecule has 0 amide bonds. The van der Waals surface area contributed by atoms with Crippen LogP contribution >= 0.6 is 15.6 Å². The van der Waals surface area contributed by atoms with Gasteiger partial charge in [0, 0.05) is 25.7 Å². The minimum Gasteiger partial charge on any atom is -0.462 e. The molecule has 3 unspecified atom stereocenters. The molecule has 19 heteroatoms. The van der Waals surface area contributed by atoms with Crippen molar-refractivity contribution >= 4 is 39.5 Å². The van der Waals surface area contributed by atoms with Crippen LogP contribution in [0.4, 0.5) is 0 Å². The number of phosphoric ester groups is 2. The van der Waals surface area contributed by atoms with Gasteiger partial charge in [-0.25, -0.2) is 9.13 Å². The molecule has 0 saturated heterocycles. The van der Waals surface area contributed by atoms with E-state index in [9.17, 15) is 43.2 Å². The van der Waals surface area contributed by atoms with Crippen LogP contribution in [0, 0.1) is 17.8 Å². The normalized spacial score (nSPS) is 14.3. The molecular weight excluding hydrogens is 1290 g/mol. The van der Waals surface area contributed by atoms with Gasteiger partial charge in [0.25, 0.3) is 0 Å². The third-order valence-electron chi connectivity index (χ3n) is 19.0. The second-order valence-corrected chi connectivity index (χ2v) is 32.9. The van der Waals surface area contributed by atoms with Crippen molar-refractivity contribution in [2.45, 2.75) is 433 Å². The van der Waals surface area contributed by atoms with E-state index in [1.807, 2.05) is 0 Å². The second kappa shape index (κ2) is 70.4. The number of carbonyl (C=O) groups is 4. The summed E-state index contributed by atoms with van der Waals surface area (Å²) in [7, 11) is -9.92. The summed E-state index contributed by atoms with van der Waals surface area (Å²) >= 11 is 0. The summed E-state index contributed by atoms with van der Waals surface area (Å²) in [5.74, 6) is 0.141. The van der Waals surface area contributed by atoms with E-state index >= 15 is 0 Å². The Kier molecular flexibility index (Phi) is 69.0. The van der Waals surface area contributed by atoms with Crippen LogP contribution in [0.2, 0.25) is 0 Å². The minimum atomic E-state index is -4.96. The van der Waals surface area contributed by atoms with Crippen LogP contribution in [0.5, 0.6) is 0 Å². The maximum absolute atomic E-state index is 13.1. The van der Waals surface area contributed by atoms with Crippen molar-refractivity contribution in [2.24, 2.45) is 17.8 Å². The summed E-state index contributed by atoms with van der Waals surface area (Å²) in [5, 5.41) is 10.6. The SMILES string of the molecule is CCCCCCCCCCCCCCCCCCCCCC(=O)OC[C@H](COP(=O)(O)OC[C@@H](O)COP(=O)(O)OC[C@@H](COC(=O)CCCCCCCCC(C)C)OC(=O)CCCCCCCCCCC(C)CC)OC(=O)CCCCCCCCCCCCCCCCCCC(C)C. The van der Waals surface area contributed by atoms with Gasteiger partial charge in [0.1, 0.15) is 19.3 Å². The first-order valence-electron chi connectivity index (χ1n) is 41.4. The van der Waals surface area contributed by atoms with Crippen molar-refractivity contribution in [2.75, 3.05) is 39.6 Å². The summed E-state index contributed by atoms with van der Waals surface area (Å²) in [6, 6.07) is 0. The Morgan fingerprint density at radius 3 is 0.768 bits per heavy atom. The van der Waals surface area contributed by atoms with Crippen molar-refractivity contribution in [3.63, 3.8) is 0 Å². The molecule has 99 heavy (non-hydrogen) atoms. The molecule has 0 aliphatic heterocycles. The van der Waals surface area contributed by atoms with E-state index in [0.29, 0.717) is 31.6 Å². The maximum atomic E-state index is 13.1. The number of hydrogen-bond donors (Lipinski definition) is 3. The lowest BCUT2D eigenvalue weighted by molar-refractivity contribution is -0.161. The lowest BCUT2D eigenvalue weighted by atomic mass is 9.99. The van der Waals surface area contributed by atoms with Crippen molar-refractivity contribution in [1.82, 2.24) is 0 Å². The molecule has 0 aromatic carbocycles. The average molecular weight is 1450 g/mol. The number of aliphatic hydroxyl groups is 1. The third kappa shape index (κ3) is 72.8. The molecule has 0 aromatic rings. The Balaban J connectivity index is 5.21. The predicted molar refractivity (Wildman–Crippen MR) is 405 cm³/mol. The smallest absolute Gasteiger partial charge is 0.462 e. The molecule has 0 radical (unpaired) electrons. The van der Waals surface area contributed by atoms with Gasteiger partial charge in [-0.2, -0.15) is 0 Å². The molecule has 0 rings (SSSR count). The molecule has 0 bridgehead atoms. The molecule has 0 fully saturated rings. The highest BCUT2D eigenvalue weighted by molar-refractivity contribution is 7.47. The number of carbonyl (C=O) groups excluding carboxylic acids is 4. The zero-order valence-corrected chi connectivity index (χ0v) is 66.8. The summed E-state index contributed by atoms with van der Waals surface area (Å²) in [4.78, 5) is 72.9.